The van der Waals surface area contributed by atoms with Gasteiger partial charge in [-0.05, 0) is 26.0 Å². The fraction of sp³-hybridized carbons (Fsp3) is 0.273. The number of ether oxygens (including phenoxy) is 1. The quantitative estimate of drug-likeness (QED) is 0.338. The Bertz CT molecular complexity index is 481. The Morgan fingerprint density at radius 1 is 1.53 bits per heavy atom. The summed E-state index contributed by atoms with van der Waals surface area (Å²) in [5.74, 6) is -0.602. The molecule has 0 bridgehead atoms. The van der Waals surface area contributed by atoms with Crippen molar-refractivity contribution in [2.24, 2.45) is 0 Å². The third-order valence-corrected chi connectivity index (χ3v) is 2.14. The molecule has 90 valence electrons. The predicted octanol–water partition coefficient (Wildman–Crippen LogP) is 2.01. The number of nitrogens with zero attached hydrogens (tertiary/aromatic N) is 1. The second-order valence-corrected chi connectivity index (χ2v) is 3.24. The van der Waals surface area contributed by atoms with Crippen molar-refractivity contribution in [2.75, 3.05) is 6.61 Å². The van der Waals surface area contributed by atoms with Crippen LogP contribution in [0.15, 0.2) is 12.1 Å². The molecule has 0 aliphatic heterocycles. The minimum absolute atomic E-state index is 0.0588. The second kappa shape index (κ2) is 5.20. The summed E-state index contributed by atoms with van der Waals surface area (Å²) in [4.78, 5) is 32.3. The number of Topliss-reactive ketones (excluding diaryl/α,β-unsaturated/α-hetero) is 1. The third-order valence-electron chi connectivity index (χ3n) is 2.14. The first-order valence-corrected chi connectivity index (χ1v) is 4.93. The molecule has 1 aromatic carbocycles. The molecule has 1 aromatic rings. The van der Waals surface area contributed by atoms with Crippen molar-refractivity contribution in [3.63, 3.8) is 0 Å². The van der Waals surface area contributed by atoms with Gasteiger partial charge in [0.1, 0.15) is 0 Å². The molecule has 6 nitrogen and oxygen atoms in total. The Morgan fingerprint density at radius 3 is 2.59 bits per heavy atom. The molecule has 0 aliphatic rings. The summed E-state index contributed by atoms with van der Waals surface area (Å²) in [5, 5.41) is 10.9. The van der Waals surface area contributed by atoms with Crippen LogP contribution in [0.1, 0.15) is 34.6 Å². The normalized spacial score (nSPS) is 9.76. The van der Waals surface area contributed by atoms with E-state index in [1.54, 1.807) is 6.92 Å². The lowest BCUT2D eigenvalue weighted by Gasteiger charge is -2.08. The number of hydrogen-bond donors (Lipinski definition) is 0. The fourth-order valence-electron chi connectivity index (χ4n) is 1.44. The molecule has 0 atom stereocenters. The zero-order chi connectivity index (χ0) is 13.0. The minimum Gasteiger partial charge on any atom is -0.487 e. The first kappa shape index (κ1) is 12.8. The lowest BCUT2D eigenvalue weighted by Crippen LogP contribution is -2.06. The lowest BCUT2D eigenvalue weighted by molar-refractivity contribution is -0.386. The number of carbonyl (C=O) groups excluding carboxylic acids is 2. The largest absolute Gasteiger partial charge is 0.487 e. The number of ketones is 1. The maximum Gasteiger partial charge on any atom is 0.322 e. The number of hydrogen-bond acceptors (Lipinski definition) is 5. The molecular weight excluding hydrogens is 226 g/mol. The molecule has 0 N–H and O–H groups in total. The molecule has 6 heteroatoms. The van der Waals surface area contributed by atoms with Gasteiger partial charge < -0.3 is 4.74 Å². The van der Waals surface area contributed by atoms with Crippen LogP contribution < -0.4 is 4.74 Å². The Morgan fingerprint density at radius 2 is 2.18 bits per heavy atom. The van der Waals surface area contributed by atoms with E-state index < -0.39 is 16.4 Å². The highest BCUT2D eigenvalue weighted by molar-refractivity contribution is 6.01. The smallest absolute Gasteiger partial charge is 0.322 e. The summed E-state index contributed by atoms with van der Waals surface area (Å²) in [5.41, 5.74) is -0.462. The number of nitro groups is 1. The highest BCUT2D eigenvalue weighted by Crippen LogP contribution is 2.34. The minimum atomic E-state index is -0.714. The van der Waals surface area contributed by atoms with Gasteiger partial charge in [-0.25, -0.2) is 0 Å². The monoisotopic (exact) mass is 237 g/mol. The van der Waals surface area contributed by atoms with Crippen molar-refractivity contribution >= 4 is 17.8 Å². The van der Waals surface area contributed by atoms with Crippen LogP contribution in [0.2, 0.25) is 0 Å². The van der Waals surface area contributed by atoms with Crippen LogP contribution >= 0.6 is 0 Å². The van der Waals surface area contributed by atoms with Gasteiger partial charge in [0.25, 0.3) is 0 Å². The van der Waals surface area contributed by atoms with E-state index in [4.69, 9.17) is 4.74 Å². The molecule has 0 unspecified atom stereocenters. The van der Waals surface area contributed by atoms with Crippen molar-refractivity contribution in [3.05, 3.63) is 33.4 Å². The van der Waals surface area contributed by atoms with E-state index >= 15 is 0 Å². The van der Waals surface area contributed by atoms with Crippen molar-refractivity contribution in [1.29, 1.82) is 0 Å². The number of nitro benzene ring substituents is 1. The van der Waals surface area contributed by atoms with Crippen LogP contribution in [-0.4, -0.2) is 23.6 Å². The summed E-state index contributed by atoms with van der Waals surface area (Å²) in [7, 11) is 0. The molecule has 0 amide bonds. The van der Waals surface area contributed by atoms with Crippen molar-refractivity contribution < 1.29 is 19.2 Å². The molecule has 0 saturated carbocycles. The van der Waals surface area contributed by atoms with Crippen molar-refractivity contribution in [3.8, 4) is 5.75 Å². The number of aldehydes is 1. The van der Waals surface area contributed by atoms with Crippen LogP contribution in [0.25, 0.3) is 0 Å². The van der Waals surface area contributed by atoms with Gasteiger partial charge >= 0.3 is 5.69 Å². The summed E-state index contributed by atoms with van der Waals surface area (Å²) in [6, 6.07) is 2.59. The molecule has 0 radical (unpaired) electrons. The summed E-state index contributed by atoms with van der Waals surface area (Å²) in [6.07, 6.45) is 0.460. The zero-order valence-electron chi connectivity index (χ0n) is 9.43. The Balaban J connectivity index is 3.58. The molecule has 1 rings (SSSR count). The van der Waals surface area contributed by atoms with E-state index in [-0.39, 0.29) is 23.5 Å². The lowest BCUT2D eigenvalue weighted by atomic mass is 10.1. The molecule has 17 heavy (non-hydrogen) atoms. The average molecular weight is 237 g/mol. The van der Waals surface area contributed by atoms with Gasteiger partial charge in [-0.1, -0.05) is 0 Å². The number of benzene rings is 1. The van der Waals surface area contributed by atoms with Gasteiger partial charge in [0.05, 0.1) is 22.7 Å². The summed E-state index contributed by atoms with van der Waals surface area (Å²) >= 11 is 0. The van der Waals surface area contributed by atoms with Gasteiger partial charge in [-0.15, -0.1) is 0 Å². The molecule has 0 aromatic heterocycles. The van der Waals surface area contributed by atoms with Gasteiger partial charge in [-0.3, -0.25) is 19.7 Å². The van der Waals surface area contributed by atoms with Crippen LogP contribution in [0.3, 0.4) is 0 Å². The Kier molecular flexibility index (Phi) is 3.92. The van der Waals surface area contributed by atoms with Crippen molar-refractivity contribution in [2.45, 2.75) is 13.8 Å². The van der Waals surface area contributed by atoms with E-state index in [0.29, 0.717) is 6.29 Å². The molecule has 0 spiro atoms. The number of rotatable bonds is 5. The van der Waals surface area contributed by atoms with Gasteiger partial charge in [0.2, 0.25) is 5.75 Å². The van der Waals surface area contributed by atoms with Crippen LogP contribution in [0.5, 0.6) is 5.75 Å². The highest BCUT2D eigenvalue weighted by Gasteiger charge is 2.26. The zero-order valence-corrected chi connectivity index (χ0v) is 9.43. The predicted molar refractivity (Wildman–Crippen MR) is 59.7 cm³/mol. The van der Waals surface area contributed by atoms with E-state index in [1.165, 1.54) is 19.1 Å². The van der Waals surface area contributed by atoms with Crippen LogP contribution in [0.4, 0.5) is 5.69 Å². The van der Waals surface area contributed by atoms with E-state index in [2.05, 4.69) is 0 Å². The van der Waals surface area contributed by atoms with Crippen molar-refractivity contribution in [1.82, 2.24) is 0 Å². The standard InChI is InChI=1S/C11H11NO5/c1-3-17-11-8(6-13)4-5-9(7(2)14)10(11)12(15)16/h4-6H,3H2,1-2H3. The maximum atomic E-state index is 11.3. The average Bonchev–Trinajstić information content (AvgIpc) is 2.28. The Hall–Kier alpha value is -2.24. The van der Waals surface area contributed by atoms with Gasteiger partial charge in [0, 0.05) is 0 Å². The molecular formula is C11H11NO5. The van der Waals surface area contributed by atoms with E-state index in [1.807, 2.05) is 0 Å². The molecule has 0 aliphatic carbocycles. The van der Waals surface area contributed by atoms with Gasteiger partial charge in [-0.2, -0.15) is 0 Å². The van der Waals surface area contributed by atoms with Gasteiger partial charge in [0.15, 0.2) is 12.1 Å². The summed E-state index contributed by atoms with van der Waals surface area (Å²) < 4.78 is 5.09. The maximum absolute atomic E-state index is 11.3. The molecule has 0 heterocycles. The molecule has 0 fully saturated rings. The van der Waals surface area contributed by atoms with Crippen LogP contribution in [0, 0.1) is 10.1 Å². The second-order valence-electron chi connectivity index (χ2n) is 3.24. The first-order chi connectivity index (χ1) is 8.02. The first-order valence-electron chi connectivity index (χ1n) is 4.93. The fourth-order valence-corrected chi connectivity index (χ4v) is 1.44. The van der Waals surface area contributed by atoms with E-state index in [0.717, 1.165) is 0 Å². The SMILES string of the molecule is CCOc1c(C=O)ccc(C(C)=O)c1[N+](=O)[O-]. The third kappa shape index (κ3) is 2.47. The summed E-state index contributed by atoms with van der Waals surface area (Å²) in [6.45, 7) is 3.03. The topological polar surface area (TPSA) is 86.5 Å². The number of carbonyl (C=O) groups is 2. The molecule has 0 saturated heterocycles. The van der Waals surface area contributed by atoms with E-state index in [9.17, 15) is 19.7 Å². The Labute approximate surface area is 97.3 Å². The highest BCUT2D eigenvalue weighted by atomic mass is 16.6. The van der Waals surface area contributed by atoms with Crippen LogP contribution in [-0.2, 0) is 0 Å².